The molecule has 0 saturated carbocycles. The first-order chi connectivity index (χ1) is 12.3. The van der Waals surface area contributed by atoms with Crippen molar-refractivity contribution in [3.63, 3.8) is 0 Å². The fourth-order valence-corrected chi connectivity index (χ4v) is 3.39. The number of hydrogen-bond acceptors (Lipinski definition) is 4. The number of hydrogen-bond donors (Lipinski definition) is 0. The highest BCUT2D eigenvalue weighted by Crippen LogP contribution is 2.28. The van der Waals surface area contributed by atoms with Gasteiger partial charge in [-0.05, 0) is 19.1 Å². The third-order valence-corrected chi connectivity index (χ3v) is 4.75. The van der Waals surface area contributed by atoms with E-state index < -0.39 is 12.0 Å². The van der Waals surface area contributed by atoms with Crippen LogP contribution in [0.4, 0.5) is 13.2 Å². The van der Waals surface area contributed by atoms with Crippen molar-refractivity contribution < 1.29 is 13.2 Å². The predicted molar refractivity (Wildman–Crippen MR) is 89.8 cm³/mol. The Morgan fingerprint density at radius 1 is 1.23 bits per heavy atom. The zero-order chi connectivity index (χ0) is 18.5. The van der Waals surface area contributed by atoms with Crippen molar-refractivity contribution >= 4 is 17.2 Å². The molecule has 1 aliphatic rings. The summed E-state index contributed by atoms with van der Waals surface area (Å²) in [4.78, 5) is 13.9. The van der Waals surface area contributed by atoms with E-state index in [0.29, 0.717) is 36.8 Å². The summed E-state index contributed by atoms with van der Waals surface area (Å²) >= 11 is 6.09. The van der Waals surface area contributed by atoms with Crippen molar-refractivity contribution in [3.8, 4) is 0 Å². The Balaban J connectivity index is 1.59. The number of fused-ring (bicyclic) bond motifs is 2. The molecule has 0 bridgehead atoms. The van der Waals surface area contributed by atoms with Gasteiger partial charge in [0.1, 0.15) is 5.65 Å². The van der Waals surface area contributed by atoms with Crippen LogP contribution in [0, 0.1) is 6.92 Å². The van der Waals surface area contributed by atoms with Crippen LogP contribution in [0.15, 0.2) is 24.5 Å². The van der Waals surface area contributed by atoms with Gasteiger partial charge < -0.3 is 4.40 Å². The van der Waals surface area contributed by atoms with Gasteiger partial charge in [-0.15, -0.1) is 0 Å². The van der Waals surface area contributed by atoms with Crippen molar-refractivity contribution in [1.29, 1.82) is 0 Å². The molecule has 0 aromatic carbocycles. The largest absolute Gasteiger partial charge is 0.451 e. The summed E-state index contributed by atoms with van der Waals surface area (Å²) in [5.41, 5.74) is 3.94. The molecule has 0 radical (unpaired) electrons. The minimum Gasteiger partial charge on any atom is -0.301 e. The highest BCUT2D eigenvalue weighted by atomic mass is 35.5. The Morgan fingerprint density at radius 2 is 2.04 bits per heavy atom. The molecule has 9 heteroatoms. The van der Waals surface area contributed by atoms with Crippen LogP contribution in [-0.4, -0.2) is 30.8 Å². The second-order valence-electron chi connectivity index (χ2n) is 6.34. The van der Waals surface area contributed by atoms with E-state index in [4.69, 9.17) is 11.6 Å². The summed E-state index contributed by atoms with van der Waals surface area (Å²) in [7, 11) is 0. The first-order valence-electron chi connectivity index (χ1n) is 8.08. The molecule has 0 atom stereocenters. The van der Waals surface area contributed by atoms with Crippen molar-refractivity contribution in [3.05, 3.63) is 58.0 Å². The monoisotopic (exact) mass is 381 g/mol. The van der Waals surface area contributed by atoms with Crippen LogP contribution in [0.1, 0.15) is 28.5 Å². The number of halogens is 4. The topological polar surface area (TPSA) is 46.3 Å². The number of alkyl halides is 3. The summed E-state index contributed by atoms with van der Waals surface area (Å²) in [6.07, 6.45) is -0.950. The maximum atomic E-state index is 12.8. The SMILES string of the molecule is Cc1nc2ccc(Cl)cn2c1CN1CCc2nc(C(F)(F)F)ncc2C1. The van der Waals surface area contributed by atoms with Crippen LogP contribution in [0.25, 0.3) is 5.65 Å². The molecule has 0 saturated heterocycles. The van der Waals surface area contributed by atoms with E-state index in [1.165, 1.54) is 6.20 Å². The zero-order valence-corrected chi connectivity index (χ0v) is 14.6. The third kappa shape index (κ3) is 3.14. The van der Waals surface area contributed by atoms with Crippen LogP contribution >= 0.6 is 11.6 Å². The normalized spacial score (nSPS) is 15.4. The standard InChI is InChI=1S/C17H15ClF3N5/c1-10-14(26-8-12(18)2-3-15(26)23-10)9-25-5-4-13-11(7-25)6-22-16(24-13)17(19,20)21/h2-3,6,8H,4-5,7,9H2,1H3. The van der Waals surface area contributed by atoms with Crippen LogP contribution < -0.4 is 0 Å². The van der Waals surface area contributed by atoms with Gasteiger partial charge in [0, 0.05) is 44.0 Å². The quantitative estimate of drug-likeness (QED) is 0.679. The van der Waals surface area contributed by atoms with Gasteiger partial charge in [-0.25, -0.2) is 15.0 Å². The van der Waals surface area contributed by atoms with E-state index in [1.54, 1.807) is 6.07 Å². The highest BCUT2D eigenvalue weighted by molar-refractivity contribution is 6.30. The van der Waals surface area contributed by atoms with Gasteiger partial charge in [0.15, 0.2) is 0 Å². The summed E-state index contributed by atoms with van der Waals surface area (Å²) in [5.74, 6) is -1.07. The Hall–Kier alpha value is -2.19. The van der Waals surface area contributed by atoms with Crippen LogP contribution in [-0.2, 0) is 25.7 Å². The fraction of sp³-hybridized carbons (Fsp3) is 0.353. The number of nitrogens with zero attached hydrogens (tertiary/aromatic N) is 5. The number of aromatic nitrogens is 4. The van der Waals surface area contributed by atoms with E-state index in [-0.39, 0.29) is 0 Å². The maximum Gasteiger partial charge on any atom is 0.451 e. The zero-order valence-electron chi connectivity index (χ0n) is 13.9. The molecular weight excluding hydrogens is 367 g/mol. The molecular formula is C17H15ClF3N5. The van der Waals surface area contributed by atoms with Crippen LogP contribution in [0.5, 0.6) is 0 Å². The molecule has 0 aliphatic carbocycles. The van der Waals surface area contributed by atoms with E-state index >= 15 is 0 Å². The molecule has 4 rings (SSSR count). The smallest absolute Gasteiger partial charge is 0.301 e. The Morgan fingerprint density at radius 3 is 2.81 bits per heavy atom. The van der Waals surface area contributed by atoms with E-state index in [9.17, 15) is 13.2 Å². The molecule has 5 nitrogen and oxygen atoms in total. The van der Waals surface area contributed by atoms with Crippen molar-refractivity contribution in [2.45, 2.75) is 32.6 Å². The minimum absolute atomic E-state index is 0.456. The Bertz CT molecular complexity index is 982. The first-order valence-corrected chi connectivity index (χ1v) is 8.46. The molecule has 0 spiro atoms. The fourth-order valence-electron chi connectivity index (χ4n) is 3.23. The molecule has 1 aliphatic heterocycles. The van der Waals surface area contributed by atoms with Gasteiger partial charge in [-0.1, -0.05) is 11.6 Å². The number of rotatable bonds is 2. The van der Waals surface area contributed by atoms with Gasteiger partial charge >= 0.3 is 6.18 Å². The second-order valence-corrected chi connectivity index (χ2v) is 6.78. The second kappa shape index (κ2) is 6.21. The predicted octanol–water partition coefficient (Wildman–Crippen LogP) is 3.66. The van der Waals surface area contributed by atoms with Gasteiger partial charge in [0.2, 0.25) is 5.82 Å². The minimum atomic E-state index is -4.51. The van der Waals surface area contributed by atoms with Crippen LogP contribution in [0.3, 0.4) is 0 Å². The average molecular weight is 382 g/mol. The van der Waals surface area contributed by atoms with Crippen LogP contribution in [0.2, 0.25) is 5.02 Å². The number of aryl methyl sites for hydroxylation is 1. The lowest BCUT2D eigenvalue weighted by Gasteiger charge is -2.28. The molecule has 26 heavy (non-hydrogen) atoms. The highest BCUT2D eigenvalue weighted by Gasteiger charge is 2.35. The van der Waals surface area contributed by atoms with Crippen molar-refractivity contribution in [2.24, 2.45) is 0 Å². The molecule has 136 valence electrons. The summed E-state index contributed by atoms with van der Waals surface area (Å²) < 4.78 is 40.2. The first kappa shape index (κ1) is 17.2. The van der Waals surface area contributed by atoms with E-state index in [2.05, 4.69) is 19.9 Å². The average Bonchev–Trinajstić information content (AvgIpc) is 2.89. The molecule has 4 heterocycles. The molecule has 0 unspecified atom stereocenters. The lowest BCUT2D eigenvalue weighted by atomic mass is 10.1. The number of pyridine rings is 1. The Kier molecular flexibility index (Phi) is 4.11. The maximum absolute atomic E-state index is 12.8. The number of imidazole rings is 1. The molecule has 0 fully saturated rings. The molecule has 3 aromatic heterocycles. The summed E-state index contributed by atoms with van der Waals surface area (Å²) in [6.45, 7) is 3.68. The summed E-state index contributed by atoms with van der Waals surface area (Å²) in [6, 6.07) is 3.65. The van der Waals surface area contributed by atoms with Gasteiger partial charge in [-0.3, -0.25) is 4.90 Å². The molecule has 0 N–H and O–H groups in total. The van der Waals surface area contributed by atoms with E-state index in [0.717, 1.165) is 22.6 Å². The molecule has 0 amide bonds. The lowest BCUT2D eigenvalue weighted by molar-refractivity contribution is -0.145. The van der Waals surface area contributed by atoms with E-state index in [1.807, 2.05) is 23.6 Å². The van der Waals surface area contributed by atoms with Gasteiger partial charge in [0.25, 0.3) is 0 Å². The van der Waals surface area contributed by atoms with Crippen molar-refractivity contribution in [1.82, 2.24) is 24.3 Å². The summed E-state index contributed by atoms with van der Waals surface area (Å²) in [5, 5.41) is 0.619. The Labute approximate surface area is 152 Å². The van der Waals surface area contributed by atoms with Gasteiger partial charge in [0.05, 0.1) is 22.1 Å². The lowest BCUT2D eigenvalue weighted by Crippen LogP contribution is -2.32. The van der Waals surface area contributed by atoms with Gasteiger partial charge in [-0.2, -0.15) is 13.2 Å². The molecule has 3 aromatic rings. The third-order valence-electron chi connectivity index (χ3n) is 4.52. The van der Waals surface area contributed by atoms with Crippen molar-refractivity contribution in [2.75, 3.05) is 6.54 Å².